The predicted molar refractivity (Wildman–Crippen MR) is 59.8 cm³/mol. The van der Waals surface area contributed by atoms with Gasteiger partial charge in [-0.25, -0.2) is 4.79 Å². The number of rotatable bonds is 0. The average molecular weight is 211 g/mol. The number of amides is 2. The largest absolute Gasteiger partial charge is 0.324 e. The Hall–Kier alpha value is -0.770. The molecule has 0 bridgehead atoms. The summed E-state index contributed by atoms with van der Waals surface area (Å²) in [6, 6.07) is 0.238. The van der Waals surface area contributed by atoms with Crippen molar-refractivity contribution in [1.82, 2.24) is 15.1 Å². The number of likely N-dealkylation sites (tertiary alicyclic amines) is 1. The highest BCUT2D eigenvalue weighted by atomic mass is 16.2. The molecule has 4 nitrogen and oxygen atoms in total. The third-order valence-corrected chi connectivity index (χ3v) is 3.34. The van der Waals surface area contributed by atoms with E-state index >= 15 is 0 Å². The van der Waals surface area contributed by atoms with Crippen molar-refractivity contribution in [2.24, 2.45) is 5.41 Å². The van der Waals surface area contributed by atoms with Gasteiger partial charge in [-0.3, -0.25) is 0 Å². The molecule has 2 rings (SSSR count). The fourth-order valence-corrected chi connectivity index (χ4v) is 2.33. The summed E-state index contributed by atoms with van der Waals surface area (Å²) in [7, 11) is 0. The summed E-state index contributed by atoms with van der Waals surface area (Å²) < 4.78 is 0. The van der Waals surface area contributed by atoms with Crippen LogP contribution in [0, 0.1) is 5.41 Å². The second kappa shape index (κ2) is 4.00. The highest BCUT2D eigenvalue weighted by Gasteiger charge is 2.34. The monoisotopic (exact) mass is 211 g/mol. The SMILES string of the molecule is CC1(C)CCN(C(=O)N2CCNCC2)C1. The van der Waals surface area contributed by atoms with Crippen LogP contribution in [-0.4, -0.2) is 55.1 Å². The highest BCUT2D eigenvalue weighted by Crippen LogP contribution is 2.29. The lowest BCUT2D eigenvalue weighted by atomic mass is 9.93. The van der Waals surface area contributed by atoms with Gasteiger partial charge in [0, 0.05) is 39.3 Å². The predicted octanol–water partition coefficient (Wildman–Crippen LogP) is 0.744. The summed E-state index contributed by atoms with van der Waals surface area (Å²) in [5.41, 5.74) is 0.309. The molecule has 86 valence electrons. The number of carbonyl (C=O) groups excluding carboxylic acids is 1. The van der Waals surface area contributed by atoms with Gasteiger partial charge in [-0.2, -0.15) is 0 Å². The molecule has 0 radical (unpaired) electrons. The van der Waals surface area contributed by atoms with Gasteiger partial charge in [0.05, 0.1) is 0 Å². The third-order valence-electron chi connectivity index (χ3n) is 3.34. The minimum absolute atomic E-state index is 0.238. The molecule has 0 aromatic rings. The maximum Gasteiger partial charge on any atom is 0.320 e. The average Bonchev–Trinajstić information content (AvgIpc) is 2.59. The zero-order valence-corrected chi connectivity index (χ0v) is 9.75. The lowest BCUT2D eigenvalue weighted by Crippen LogP contribution is -2.51. The Kier molecular flexibility index (Phi) is 2.87. The normalized spacial score (nSPS) is 25.7. The van der Waals surface area contributed by atoms with Crippen molar-refractivity contribution in [2.75, 3.05) is 39.3 Å². The van der Waals surface area contributed by atoms with E-state index in [1.165, 1.54) is 0 Å². The number of nitrogens with one attached hydrogen (secondary N) is 1. The van der Waals surface area contributed by atoms with Crippen LogP contribution in [0.1, 0.15) is 20.3 Å². The molecule has 1 N–H and O–H groups in total. The Balaban J connectivity index is 1.90. The van der Waals surface area contributed by atoms with E-state index in [4.69, 9.17) is 0 Å². The first-order valence-corrected chi connectivity index (χ1v) is 5.83. The van der Waals surface area contributed by atoms with Crippen LogP contribution in [0.25, 0.3) is 0 Å². The minimum Gasteiger partial charge on any atom is -0.324 e. The van der Waals surface area contributed by atoms with Crippen LogP contribution in [0.2, 0.25) is 0 Å². The zero-order chi connectivity index (χ0) is 10.9. The second-order valence-corrected chi connectivity index (χ2v) is 5.36. The van der Waals surface area contributed by atoms with E-state index in [9.17, 15) is 4.79 Å². The quantitative estimate of drug-likeness (QED) is 0.641. The first kappa shape index (κ1) is 10.7. The maximum absolute atomic E-state index is 12.1. The molecule has 4 heteroatoms. The summed E-state index contributed by atoms with van der Waals surface area (Å²) in [6.07, 6.45) is 1.13. The van der Waals surface area contributed by atoms with Crippen LogP contribution in [0.3, 0.4) is 0 Å². The van der Waals surface area contributed by atoms with E-state index in [1.54, 1.807) is 0 Å². The number of carbonyl (C=O) groups is 1. The van der Waals surface area contributed by atoms with Crippen LogP contribution in [0.15, 0.2) is 0 Å². The first-order chi connectivity index (χ1) is 7.08. The minimum atomic E-state index is 0.238. The van der Waals surface area contributed by atoms with E-state index in [1.807, 2.05) is 9.80 Å². The summed E-state index contributed by atoms with van der Waals surface area (Å²) in [6.45, 7) is 9.89. The van der Waals surface area contributed by atoms with Gasteiger partial charge < -0.3 is 15.1 Å². The summed E-state index contributed by atoms with van der Waals surface area (Å²) in [5.74, 6) is 0. The lowest BCUT2D eigenvalue weighted by Gasteiger charge is -2.31. The number of hydrogen-bond acceptors (Lipinski definition) is 2. The molecule has 0 atom stereocenters. The Labute approximate surface area is 91.6 Å². The highest BCUT2D eigenvalue weighted by molar-refractivity contribution is 5.75. The Bertz CT molecular complexity index is 246. The molecular formula is C11H21N3O. The van der Waals surface area contributed by atoms with Crippen molar-refractivity contribution in [1.29, 1.82) is 0 Å². The molecule has 2 aliphatic rings. The van der Waals surface area contributed by atoms with Gasteiger partial charge in [0.15, 0.2) is 0 Å². The van der Waals surface area contributed by atoms with Crippen molar-refractivity contribution in [3.63, 3.8) is 0 Å². The van der Waals surface area contributed by atoms with Crippen LogP contribution < -0.4 is 5.32 Å². The van der Waals surface area contributed by atoms with Crippen LogP contribution >= 0.6 is 0 Å². The molecule has 2 fully saturated rings. The van der Waals surface area contributed by atoms with Crippen molar-refractivity contribution in [3.8, 4) is 0 Å². The van der Waals surface area contributed by atoms with Gasteiger partial charge in [0.1, 0.15) is 0 Å². The van der Waals surface area contributed by atoms with Gasteiger partial charge in [0.25, 0.3) is 0 Å². The molecule has 0 saturated carbocycles. The van der Waals surface area contributed by atoms with Gasteiger partial charge >= 0.3 is 6.03 Å². The van der Waals surface area contributed by atoms with Gasteiger partial charge in [0.2, 0.25) is 0 Å². The summed E-state index contributed by atoms with van der Waals surface area (Å²) >= 11 is 0. The van der Waals surface area contributed by atoms with E-state index in [0.29, 0.717) is 5.41 Å². The van der Waals surface area contributed by atoms with Crippen LogP contribution in [0.5, 0.6) is 0 Å². The molecule has 0 spiro atoms. The van der Waals surface area contributed by atoms with Gasteiger partial charge in [-0.15, -0.1) is 0 Å². The first-order valence-electron chi connectivity index (χ1n) is 5.83. The molecule has 0 aliphatic carbocycles. The standard InChI is InChI=1S/C11H21N3O/c1-11(2)3-6-14(9-11)10(15)13-7-4-12-5-8-13/h12H,3-9H2,1-2H3. The smallest absolute Gasteiger partial charge is 0.320 e. The summed E-state index contributed by atoms with van der Waals surface area (Å²) in [5, 5.41) is 3.26. The number of piperazine rings is 1. The molecule has 2 saturated heterocycles. The van der Waals surface area contributed by atoms with Crippen molar-refractivity contribution in [3.05, 3.63) is 0 Å². The van der Waals surface area contributed by atoms with E-state index in [-0.39, 0.29) is 6.03 Å². The summed E-state index contributed by atoms with van der Waals surface area (Å²) in [4.78, 5) is 16.1. The van der Waals surface area contributed by atoms with Crippen molar-refractivity contribution >= 4 is 6.03 Å². The van der Waals surface area contributed by atoms with Crippen LogP contribution in [0.4, 0.5) is 4.79 Å². The Morgan fingerprint density at radius 2 is 1.80 bits per heavy atom. The van der Waals surface area contributed by atoms with Gasteiger partial charge in [-0.05, 0) is 11.8 Å². The maximum atomic E-state index is 12.1. The molecule has 0 aromatic heterocycles. The molecule has 2 heterocycles. The Morgan fingerprint density at radius 3 is 2.33 bits per heavy atom. The molecular weight excluding hydrogens is 190 g/mol. The fourth-order valence-electron chi connectivity index (χ4n) is 2.33. The third kappa shape index (κ3) is 2.43. The lowest BCUT2D eigenvalue weighted by molar-refractivity contribution is 0.152. The molecule has 15 heavy (non-hydrogen) atoms. The molecule has 0 aromatic carbocycles. The van der Waals surface area contributed by atoms with Gasteiger partial charge in [-0.1, -0.05) is 13.8 Å². The zero-order valence-electron chi connectivity index (χ0n) is 9.75. The topological polar surface area (TPSA) is 35.6 Å². The number of hydrogen-bond donors (Lipinski definition) is 1. The van der Waals surface area contributed by atoms with E-state index < -0.39 is 0 Å². The van der Waals surface area contributed by atoms with E-state index in [0.717, 1.165) is 45.7 Å². The van der Waals surface area contributed by atoms with Crippen LogP contribution in [-0.2, 0) is 0 Å². The fraction of sp³-hybridized carbons (Fsp3) is 0.909. The Morgan fingerprint density at radius 1 is 1.13 bits per heavy atom. The van der Waals surface area contributed by atoms with Crippen molar-refractivity contribution < 1.29 is 4.79 Å². The molecule has 2 amide bonds. The molecule has 2 aliphatic heterocycles. The van der Waals surface area contributed by atoms with Crippen molar-refractivity contribution in [2.45, 2.75) is 20.3 Å². The number of urea groups is 1. The molecule has 0 unspecified atom stereocenters. The number of nitrogens with zero attached hydrogens (tertiary/aromatic N) is 2. The van der Waals surface area contributed by atoms with E-state index in [2.05, 4.69) is 19.2 Å². The second-order valence-electron chi connectivity index (χ2n) is 5.36.